The molecule has 1 rings (SSSR count). The van der Waals surface area contributed by atoms with Gasteiger partial charge in [-0.1, -0.05) is 19.1 Å². The van der Waals surface area contributed by atoms with Gasteiger partial charge in [-0.3, -0.25) is 0 Å². The third-order valence-electron chi connectivity index (χ3n) is 2.91. The molecule has 106 valence electrons. The molecule has 0 fully saturated rings. The molecule has 4 nitrogen and oxygen atoms in total. The van der Waals surface area contributed by atoms with E-state index in [2.05, 4.69) is 10.6 Å². The van der Waals surface area contributed by atoms with Gasteiger partial charge in [-0.05, 0) is 37.0 Å². The highest BCUT2D eigenvalue weighted by atomic mass is 19.1. The average molecular weight is 268 g/mol. The summed E-state index contributed by atoms with van der Waals surface area (Å²) < 4.78 is 13.0. The van der Waals surface area contributed by atoms with Crippen molar-refractivity contribution < 1.29 is 14.3 Å². The van der Waals surface area contributed by atoms with Gasteiger partial charge in [0.2, 0.25) is 0 Å². The number of carbonyl (C=O) groups is 1. The average Bonchev–Trinajstić information content (AvgIpc) is 2.40. The first-order valence-corrected chi connectivity index (χ1v) is 6.47. The summed E-state index contributed by atoms with van der Waals surface area (Å²) in [6.07, 6.45) is 0.845. The SMILES string of the molecule is CCC(O)CCNC(=O)NCc1ccc(F)c(C)c1. The maximum absolute atomic E-state index is 13.0. The second-order valence-electron chi connectivity index (χ2n) is 4.54. The summed E-state index contributed by atoms with van der Waals surface area (Å²) >= 11 is 0. The van der Waals surface area contributed by atoms with Crippen molar-refractivity contribution in [2.75, 3.05) is 6.54 Å². The van der Waals surface area contributed by atoms with Crippen LogP contribution in [0.15, 0.2) is 18.2 Å². The number of amides is 2. The predicted octanol–water partition coefficient (Wildman–Crippen LogP) is 2.09. The van der Waals surface area contributed by atoms with Gasteiger partial charge in [-0.15, -0.1) is 0 Å². The highest BCUT2D eigenvalue weighted by molar-refractivity contribution is 5.73. The maximum Gasteiger partial charge on any atom is 0.315 e. The first-order chi connectivity index (χ1) is 9.02. The lowest BCUT2D eigenvalue weighted by atomic mass is 10.1. The van der Waals surface area contributed by atoms with E-state index in [-0.39, 0.29) is 18.0 Å². The van der Waals surface area contributed by atoms with Gasteiger partial charge in [0, 0.05) is 13.1 Å². The molecule has 0 aliphatic carbocycles. The van der Waals surface area contributed by atoms with Gasteiger partial charge in [0.05, 0.1) is 6.10 Å². The van der Waals surface area contributed by atoms with Crippen LogP contribution in [0.2, 0.25) is 0 Å². The van der Waals surface area contributed by atoms with Gasteiger partial charge in [0.15, 0.2) is 0 Å². The van der Waals surface area contributed by atoms with Crippen LogP contribution in [-0.2, 0) is 6.54 Å². The molecule has 0 aromatic heterocycles. The molecule has 0 saturated carbocycles. The van der Waals surface area contributed by atoms with Crippen molar-refractivity contribution in [1.29, 1.82) is 0 Å². The Morgan fingerprint density at radius 2 is 2.16 bits per heavy atom. The predicted molar refractivity (Wildman–Crippen MR) is 72.3 cm³/mol. The molecule has 0 heterocycles. The van der Waals surface area contributed by atoms with Gasteiger partial charge in [-0.2, -0.15) is 0 Å². The normalized spacial score (nSPS) is 12.0. The largest absolute Gasteiger partial charge is 0.393 e. The lowest BCUT2D eigenvalue weighted by Gasteiger charge is -2.10. The van der Waals surface area contributed by atoms with Crippen molar-refractivity contribution in [1.82, 2.24) is 10.6 Å². The fourth-order valence-electron chi connectivity index (χ4n) is 1.62. The van der Waals surface area contributed by atoms with Crippen molar-refractivity contribution >= 4 is 6.03 Å². The zero-order valence-electron chi connectivity index (χ0n) is 11.4. The first kappa shape index (κ1) is 15.4. The molecule has 0 aliphatic heterocycles. The molecule has 5 heteroatoms. The monoisotopic (exact) mass is 268 g/mol. The Bertz CT molecular complexity index is 424. The van der Waals surface area contributed by atoms with Gasteiger partial charge in [-0.25, -0.2) is 9.18 Å². The number of urea groups is 1. The van der Waals surface area contributed by atoms with Crippen LogP contribution in [0.25, 0.3) is 0 Å². The smallest absolute Gasteiger partial charge is 0.315 e. The van der Waals surface area contributed by atoms with Gasteiger partial charge in [0.1, 0.15) is 5.82 Å². The van der Waals surface area contributed by atoms with E-state index in [1.54, 1.807) is 19.1 Å². The summed E-state index contributed by atoms with van der Waals surface area (Å²) in [5.41, 5.74) is 1.41. The topological polar surface area (TPSA) is 61.4 Å². The zero-order chi connectivity index (χ0) is 14.3. The van der Waals surface area contributed by atoms with Crippen LogP contribution in [0.3, 0.4) is 0 Å². The molecule has 2 amide bonds. The Balaban J connectivity index is 2.28. The summed E-state index contributed by atoms with van der Waals surface area (Å²) in [5, 5.41) is 14.7. The quantitative estimate of drug-likeness (QED) is 0.740. The maximum atomic E-state index is 13.0. The molecule has 19 heavy (non-hydrogen) atoms. The van der Waals surface area contributed by atoms with Gasteiger partial charge < -0.3 is 15.7 Å². The number of carbonyl (C=O) groups excluding carboxylic acids is 1. The van der Waals surface area contributed by atoms with Crippen molar-refractivity contribution in [3.63, 3.8) is 0 Å². The lowest BCUT2D eigenvalue weighted by Crippen LogP contribution is -2.36. The Morgan fingerprint density at radius 3 is 2.79 bits per heavy atom. The number of aryl methyl sites for hydroxylation is 1. The molecule has 0 spiro atoms. The van der Waals surface area contributed by atoms with Crippen LogP contribution < -0.4 is 10.6 Å². The highest BCUT2D eigenvalue weighted by Gasteiger charge is 2.04. The Hall–Kier alpha value is -1.62. The minimum atomic E-state index is -0.375. The molecular weight excluding hydrogens is 247 g/mol. The molecule has 1 unspecified atom stereocenters. The third kappa shape index (κ3) is 5.70. The van der Waals surface area contributed by atoms with E-state index in [0.29, 0.717) is 31.5 Å². The van der Waals surface area contributed by atoms with E-state index in [0.717, 1.165) is 5.56 Å². The van der Waals surface area contributed by atoms with Crippen LogP contribution in [0.5, 0.6) is 0 Å². The Morgan fingerprint density at radius 1 is 1.42 bits per heavy atom. The van der Waals surface area contributed by atoms with Crippen molar-refractivity contribution in [3.8, 4) is 0 Å². The summed E-state index contributed by atoms with van der Waals surface area (Å²) in [6, 6.07) is 4.45. The lowest BCUT2D eigenvalue weighted by molar-refractivity contribution is 0.160. The molecule has 1 aromatic carbocycles. The Kier molecular flexibility index (Phi) is 6.29. The molecule has 0 saturated heterocycles. The molecule has 1 atom stereocenters. The molecule has 3 N–H and O–H groups in total. The summed E-state index contributed by atoms with van der Waals surface area (Å²) in [4.78, 5) is 11.5. The van der Waals surface area contributed by atoms with E-state index in [4.69, 9.17) is 0 Å². The number of halogens is 1. The number of aliphatic hydroxyl groups is 1. The van der Waals surface area contributed by atoms with Crippen LogP contribution in [0.1, 0.15) is 30.9 Å². The number of benzene rings is 1. The Labute approximate surface area is 113 Å². The van der Waals surface area contributed by atoms with Crippen molar-refractivity contribution in [2.45, 2.75) is 39.3 Å². The molecular formula is C14H21FN2O2. The second kappa shape index (κ2) is 7.74. The van der Waals surface area contributed by atoms with Crippen LogP contribution in [0, 0.1) is 12.7 Å². The number of nitrogens with one attached hydrogen (secondary N) is 2. The summed E-state index contributed by atoms with van der Waals surface area (Å²) in [7, 11) is 0. The number of hydrogen-bond acceptors (Lipinski definition) is 2. The van der Waals surface area contributed by atoms with Gasteiger partial charge >= 0.3 is 6.03 Å². The number of aliphatic hydroxyl groups excluding tert-OH is 1. The van der Waals surface area contributed by atoms with E-state index in [9.17, 15) is 14.3 Å². The van der Waals surface area contributed by atoms with Crippen molar-refractivity contribution in [3.05, 3.63) is 35.1 Å². The number of hydrogen-bond donors (Lipinski definition) is 3. The van der Waals surface area contributed by atoms with Crippen molar-refractivity contribution in [2.24, 2.45) is 0 Å². The fraction of sp³-hybridized carbons (Fsp3) is 0.500. The molecule has 0 aliphatic rings. The minimum Gasteiger partial charge on any atom is -0.393 e. The third-order valence-corrected chi connectivity index (χ3v) is 2.91. The minimum absolute atomic E-state index is 0.248. The molecule has 1 aromatic rings. The van der Waals surface area contributed by atoms with Crippen LogP contribution in [-0.4, -0.2) is 23.8 Å². The zero-order valence-corrected chi connectivity index (χ0v) is 11.4. The van der Waals surface area contributed by atoms with E-state index >= 15 is 0 Å². The second-order valence-corrected chi connectivity index (χ2v) is 4.54. The molecule has 0 bridgehead atoms. The van der Waals surface area contributed by atoms with E-state index in [1.807, 2.05) is 6.92 Å². The van der Waals surface area contributed by atoms with Crippen LogP contribution >= 0.6 is 0 Å². The number of rotatable bonds is 6. The fourth-order valence-corrected chi connectivity index (χ4v) is 1.62. The standard InChI is InChI=1S/C14H21FN2O2/c1-3-12(18)6-7-16-14(19)17-9-11-4-5-13(15)10(2)8-11/h4-5,8,12,18H,3,6-7,9H2,1-2H3,(H2,16,17,19). The van der Waals surface area contributed by atoms with Gasteiger partial charge in [0.25, 0.3) is 0 Å². The highest BCUT2D eigenvalue weighted by Crippen LogP contribution is 2.08. The summed E-state index contributed by atoms with van der Waals surface area (Å²) in [5.74, 6) is -0.248. The van der Waals surface area contributed by atoms with E-state index < -0.39 is 0 Å². The van der Waals surface area contributed by atoms with E-state index in [1.165, 1.54) is 6.07 Å². The first-order valence-electron chi connectivity index (χ1n) is 6.47. The molecule has 0 radical (unpaired) electrons. The summed E-state index contributed by atoms with van der Waals surface area (Å²) in [6.45, 7) is 4.36. The van der Waals surface area contributed by atoms with Crippen LogP contribution in [0.4, 0.5) is 9.18 Å².